The van der Waals surface area contributed by atoms with Crippen molar-refractivity contribution >= 4 is 86.0 Å². The molecule has 4 aliphatic rings. The van der Waals surface area contributed by atoms with Crippen LogP contribution >= 0.6 is 0 Å². The van der Waals surface area contributed by atoms with Gasteiger partial charge in [-0.05, 0) is 119 Å². The summed E-state index contributed by atoms with van der Waals surface area (Å²) < 4.78 is 0. The second-order valence-electron chi connectivity index (χ2n) is 18.2. The van der Waals surface area contributed by atoms with Crippen LogP contribution in [0, 0.1) is 6.92 Å². The average molecular weight is 725 g/mol. The third kappa shape index (κ3) is 4.26. The first-order valence-electron chi connectivity index (χ1n) is 19.9. The van der Waals surface area contributed by atoms with E-state index in [1.54, 1.807) is 0 Å². The number of hydrogen-bond acceptors (Lipinski definition) is 2. The maximum Gasteiger partial charge on any atom is 0.252 e. The van der Waals surface area contributed by atoms with E-state index in [4.69, 9.17) is 0 Å². The van der Waals surface area contributed by atoms with E-state index < -0.39 is 8.07 Å². The highest BCUT2D eigenvalue weighted by Gasteiger charge is 2.56. The first kappa shape index (κ1) is 32.8. The molecule has 55 heavy (non-hydrogen) atoms. The summed E-state index contributed by atoms with van der Waals surface area (Å²) in [5.41, 5.74) is 18.8. The van der Waals surface area contributed by atoms with Crippen molar-refractivity contribution < 1.29 is 0 Å². The van der Waals surface area contributed by atoms with Crippen LogP contribution in [0.25, 0.3) is 11.1 Å². The predicted molar refractivity (Wildman–Crippen MR) is 239 cm³/mol. The van der Waals surface area contributed by atoms with E-state index in [2.05, 4.69) is 204 Å². The zero-order chi connectivity index (χ0) is 37.6. The summed E-state index contributed by atoms with van der Waals surface area (Å²) in [6.45, 7) is 16.3. The second kappa shape index (κ2) is 11.0. The Morgan fingerprint density at radius 2 is 1.04 bits per heavy atom. The fourth-order valence-corrected chi connectivity index (χ4v) is 16.1. The molecule has 2 nitrogen and oxygen atoms in total. The topological polar surface area (TPSA) is 6.48 Å². The molecule has 0 bridgehead atoms. The standard InChI is InChI=1S/C51H45BN2Si/c1-32-28-42-48-43(29-32)54-40-21-10-13-24-46(40)55(44-22-11-8-18-36(44)37-19-9-12-23-45(37)55)47-25-15-20-39(49(47)54)52(48)38-27-26-34(51(5,6)7)31-41(38)53(42)35-17-14-16-33(30-35)50(2,3)4/h8-31H,1-7H3. The minimum atomic E-state index is -2.70. The van der Waals surface area contributed by atoms with Crippen LogP contribution in [0.3, 0.4) is 0 Å². The molecular formula is C51H45BN2Si. The maximum atomic E-state index is 2.67. The lowest BCUT2D eigenvalue weighted by atomic mass is 9.33. The van der Waals surface area contributed by atoms with Crippen molar-refractivity contribution in [1.82, 2.24) is 0 Å². The second-order valence-corrected chi connectivity index (χ2v) is 21.9. The molecule has 0 aromatic heterocycles. The van der Waals surface area contributed by atoms with Gasteiger partial charge in [0.25, 0.3) is 6.71 Å². The SMILES string of the molecule is Cc1cc2c3c(c1)N1c4ccccc4[Si]4(c5ccccc5-c5ccccc54)c4cccc(c41)B3c1ccc(C(C)(C)C)cc1N2c1cccc(C(C)(C)C)c1. The van der Waals surface area contributed by atoms with E-state index in [1.807, 2.05) is 0 Å². The van der Waals surface area contributed by atoms with Crippen molar-refractivity contribution in [3.63, 3.8) is 0 Å². The van der Waals surface area contributed by atoms with E-state index in [1.165, 1.54) is 99.1 Å². The van der Waals surface area contributed by atoms with Crippen molar-refractivity contribution in [3.05, 3.63) is 162 Å². The Labute approximate surface area is 327 Å². The Hall–Kier alpha value is -5.58. The third-order valence-electron chi connectivity index (χ3n) is 13.0. The zero-order valence-electron chi connectivity index (χ0n) is 32.8. The molecule has 0 N–H and O–H groups in total. The normalized spacial score (nSPS) is 15.2. The lowest BCUT2D eigenvalue weighted by molar-refractivity contribution is 0.590. The van der Waals surface area contributed by atoms with Crippen molar-refractivity contribution in [1.29, 1.82) is 0 Å². The van der Waals surface area contributed by atoms with Gasteiger partial charge in [-0.3, -0.25) is 0 Å². The van der Waals surface area contributed by atoms with Gasteiger partial charge in [-0.2, -0.15) is 0 Å². The number of nitrogens with zero attached hydrogens (tertiary/aromatic N) is 2. The summed E-state index contributed by atoms with van der Waals surface area (Å²) in [5.74, 6) is 0. The van der Waals surface area contributed by atoms with Crippen LogP contribution in [0.15, 0.2) is 146 Å². The van der Waals surface area contributed by atoms with Gasteiger partial charge in [0.15, 0.2) is 8.07 Å². The van der Waals surface area contributed by atoms with Crippen LogP contribution in [0.2, 0.25) is 0 Å². The number of aryl methyl sites for hydroxylation is 1. The summed E-state index contributed by atoms with van der Waals surface area (Å²) >= 11 is 0. The summed E-state index contributed by atoms with van der Waals surface area (Å²) in [6, 6.07) is 56.9. The van der Waals surface area contributed by atoms with Gasteiger partial charge in [-0.15, -0.1) is 0 Å². The first-order chi connectivity index (χ1) is 26.5. The quantitative estimate of drug-likeness (QED) is 0.157. The summed E-state index contributed by atoms with van der Waals surface area (Å²) in [5, 5.41) is 6.00. The third-order valence-corrected chi connectivity index (χ3v) is 17.9. The summed E-state index contributed by atoms with van der Waals surface area (Å²) in [4.78, 5) is 5.26. The van der Waals surface area contributed by atoms with E-state index in [9.17, 15) is 0 Å². The van der Waals surface area contributed by atoms with Gasteiger partial charge < -0.3 is 9.80 Å². The molecule has 0 fully saturated rings. The number of anilines is 6. The molecule has 7 aromatic rings. The molecule has 4 heteroatoms. The first-order valence-corrected chi connectivity index (χ1v) is 21.9. The lowest BCUT2D eigenvalue weighted by Crippen LogP contribution is -2.77. The summed E-state index contributed by atoms with van der Waals surface area (Å²) in [7, 11) is -2.70. The molecular weight excluding hydrogens is 679 g/mol. The largest absolute Gasteiger partial charge is 0.312 e. The molecule has 4 aliphatic heterocycles. The molecule has 0 unspecified atom stereocenters. The zero-order valence-corrected chi connectivity index (χ0v) is 33.8. The van der Waals surface area contributed by atoms with Crippen LogP contribution in [-0.4, -0.2) is 14.8 Å². The van der Waals surface area contributed by atoms with Crippen molar-refractivity contribution in [3.8, 4) is 11.1 Å². The molecule has 0 amide bonds. The minimum absolute atomic E-state index is 0.00617. The molecule has 0 aliphatic carbocycles. The van der Waals surface area contributed by atoms with Crippen LogP contribution in [0.4, 0.5) is 34.1 Å². The Balaban J connectivity index is 1.27. The van der Waals surface area contributed by atoms with Gasteiger partial charge >= 0.3 is 0 Å². The molecule has 1 spiro atoms. The lowest BCUT2D eigenvalue weighted by Gasteiger charge is -2.50. The van der Waals surface area contributed by atoms with Gasteiger partial charge in [0.05, 0.1) is 0 Å². The highest BCUT2D eigenvalue weighted by atomic mass is 28.3. The van der Waals surface area contributed by atoms with E-state index in [0.29, 0.717) is 0 Å². The van der Waals surface area contributed by atoms with Crippen LogP contribution in [0.1, 0.15) is 58.2 Å². The predicted octanol–water partition coefficient (Wildman–Crippen LogP) is 8.34. The van der Waals surface area contributed by atoms with E-state index in [-0.39, 0.29) is 17.5 Å². The molecule has 0 atom stereocenters. The van der Waals surface area contributed by atoms with Gasteiger partial charge in [-0.1, -0.05) is 151 Å². The molecule has 11 rings (SSSR count). The monoisotopic (exact) mass is 724 g/mol. The van der Waals surface area contributed by atoms with Crippen LogP contribution < -0.4 is 46.9 Å². The minimum Gasteiger partial charge on any atom is -0.312 e. The Morgan fingerprint density at radius 1 is 0.455 bits per heavy atom. The number of hydrogen-bond donors (Lipinski definition) is 0. The number of fused-ring (bicyclic) bond motifs is 13. The fraction of sp³-hybridized carbons (Fsp3) is 0.176. The van der Waals surface area contributed by atoms with E-state index >= 15 is 0 Å². The highest BCUT2D eigenvalue weighted by molar-refractivity contribution is 7.24. The average Bonchev–Trinajstić information content (AvgIpc) is 3.47. The Kier molecular flexibility index (Phi) is 6.57. The van der Waals surface area contributed by atoms with Gasteiger partial charge in [0.2, 0.25) is 0 Å². The smallest absolute Gasteiger partial charge is 0.252 e. The van der Waals surface area contributed by atoms with Crippen molar-refractivity contribution in [2.75, 3.05) is 9.80 Å². The molecule has 0 radical (unpaired) electrons. The molecule has 0 saturated heterocycles. The Bertz CT molecular complexity index is 2740. The maximum absolute atomic E-state index is 2.70. The Morgan fingerprint density at radius 3 is 1.73 bits per heavy atom. The number of para-hydroxylation sites is 2. The molecule has 4 heterocycles. The highest BCUT2D eigenvalue weighted by Crippen LogP contribution is 2.47. The molecule has 0 saturated carbocycles. The van der Waals surface area contributed by atoms with Gasteiger partial charge in [0, 0.05) is 34.1 Å². The van der Waals surface area contributed by atoms with Crippen LogP contribution in [0.5, 0.6) is 0 Å². The number of benzene rings is 7. The number of rotatable bonds is 1. The molecule has 266 valence electrons. The van der Waals surface area contributed by atoms with Crippen molar-refractivity contribution in [2.45, 2.75) is 59.3 Å². The van der Waals surface area contributed by atoms with E-state index in [0.717, 1.165) is 0 Å². The summed E-state index contributed by atoms with van der Waals surface area (Å²) in [6.07, 6.45) is 0. The van der Waals surface area contributed by atoms with Gasteiger partial charge in [-0.25, -0.2) is 0 Å². The molecule has 7 aromatic carbocycles. The fourth-order valence-electron chi connectivity index (χ4n) is 10.5. The van der Waals surface area contributed by atoms with Crippen molar-refractivity contribution in [2.24, 2.45) is 0 Å². The van der Waals surface area contributed by atoms with Gasteiger partial charge in [0.1, 0.15) is 0 Å². The van der Waals surface area contributed by atoms with Crippen LogP contribution in [-0.2, 0) is 10.8 Å².